The van der Waals surface area contributed by atoms with Gasteiger partial charge in [0, 0.05) is 27.3 Å². The summed E-state index contributed by atoms with van der Waals surface area (Å²) in [5.74, 6) is 1.89. The number of rotatable bonds is 4. The Morgan fingerprint density at radius 2 is 0.923 bits per heavy atom. The van der Waals surface area contributed by atoms with Crippen molar-refractivity contribution in [1.82, 2.24) is 15.0 Å². The normalized spacial score (nSPS) is 15.5. The summed E-state index contributed by atoms with van der Waals surface area (Å²) in [5, 5.41) is 1.87. The molecule has 4 nitrogen and oxygen atoms in total. The number of nitrogens with zero attached hydrogens (tertiary/aromatic N) is 3. The maximum atomic E-state index is 13.6. The molecule has 5 aromatic carbocycles. The van der Waals surface area contributed by atoms with E-state index in [0.717, 1.165) is 49.6 Å². The number of hydrogen-bond acceptors (Lipinski definition) is 4. The minimum Gasteiger partial charge on any atom is -0.314 e. The van der Waals surface area contributed by atoms with Gasteiger partial charge in [0.25, 0.3) is 0 Å². The third kappa shape index (κ3) is 4.10. The largest absolute Gasteiger partial charge is 0.314 e. The Morgan fingerprint density at radius 1 is 0.436 bits per heavy atom. The molecule has 1 atom stereocenters. The highest BCUT2D eigenvalue weighted by Gasteiger charge is 2.34. The van der Waals surface area contributed by atoms with Gasteiger partial charge in [0.2, 0.25) is 0 Å². The molecule has 0 fully saturated rings. The summed E-state index contributed by atoms with van der Waals surface area (Å²) < 4.78 is 13.6. The predicted octanol–water partition coefficient (Wildman–Crippen LogP) is 7.46. The third-order valence-corrected chi connectivity index (χ3v) is 9.88. The number of benzene rings is 5. The monoisotopic (exact) mass is 521 g/mol. The quantitative estimate of drug-likeness (QED) is 0.226. The Hall–Kier alpha value is -4.66. The van der Waals surface area contributed by atoms with Crippen molar-refractivity contribution < 1.29 is 4.57 Å². The summed E-state index contributed by atoms with van der Waals surface area (Å²) in [7, 11) is -2.59. The second-order valence-electron chi connectivity index (χ2n) is 9.79. The molecule has 6 aromatic rings. The molecule has 39 heavy (non-hydrogen) atoms. The minimum absolute atomic E-state index is 0.620. The molecule has 5 heteroatoms. The standard InChI is InChI=1S/C34H24N3OP/c1-39(38)30-18-9-8-17-28(30)29-22-26(19-20-31(29)39)25-15-10-16-27(21-25)34-36-32(23-11-4-2-5-12-23)35-33(37-34)24-13-6-3-7-14-24/h2-22H,1H3. The van der Waals surface area contributed by atoms with Crippen molar-refractivity contribution >= 4 is 17.8 Å². The Morgan fingerprint density at radius 3 is 1.59 bits per heavy atom. The molecule has 7 rings (SSSR count). The molecule has 0 amide bonds. The SMILES string of the molecule is CP1(=O)c2ccccc2-c2cc(-c3cccc(-c4nc(-c5ccccc5)nc(-c5ccccc5)n4)c3)ccc21. The summed E-state index contributed by atoms with van der Waals surface area (Å²) in [4.78, 5) is 14.6. The first-order valence-electron chi connectivity index (χ1n) is 12.9. The van der Waals surface area contributed by atoms with Crippen molar-refractivity contribution in [2.45, 2.75) is 0 Å². The van der Waals surface area contributed by atoms with Crippen LogP contribution in [0.4, 0.5) is 0 Å². The molecule has 1 aliphatic heterocycles. The highest BCUT2D eigenvalue weighted by molar-refractivity contribution is 7.79. The van der Waals surface area contributed by atoms with Gasteiger partial charge in [0.15, 0.2) is 17.5 Å². The number of hydrogen-bond donors (Lipinski definition) is 0. The highest BCUT2D eigenvalue weighted by Crippen LogP contribution is 2.50. The van der Waals surface area contributed by atoms with Crippen molar-refractivity contribution in [3.63, 3.8) is 0 Å². The molecule has 0 N–H and O–H groups in total. The lowest BCUT2D eigenvalue weighted by molar-refractivity contribution is 0.591. The van der Waals surface area contributed by atoms with Crippen molar-refractivity contribution in [2.75, 3.05) is 6.66 Å². The smallest absolute Gasteiger partial charge is 0.164 e. The van der Waals surface area contributed by atoms with Crippen molar-refractivity contribution in [2.24, 2.45) is 0 Å². The van der Waals surface area contributed by atoms with Crippen molar-refractivity contribution in [1.29, 1.82) is 0 Å². The molecule has 1 aromatic heterocycles. The van der Waals surface area contributed by atoms with E-state index in [1.54, 1.807) is 0 Å². The van der Waals surface area contributed by atoms with Gasteiger partial charge in [0.1, 0.15) is 7.14 Å². The van der Waals surface area contributed by atoms with Crippen molar-refractivity contribution in [3.05, 3.63) is 127 Å². The van der Waals surface area contributed by atoms with E-state index in [0.29, 0.717) is 17.5 Å². The predicted molar refractivity (Wildman–Crippen MR) is 160 cm³/mol. The molecular weight excluding hydrogens is 497 g/mol. The summed E-state index contributed by atoms with van der Waals surface area (Å²) >= 11 is 0. The van der Waals surface area contributed by atoms with Gasteiger partial charge in [-0.15, -0.1) is 0 Å². The van der Waals surface area contributed by atoms with Gasteiger partial charge in [-0.05, 0) is 47.1 Å². The molecule has 0 spiro atoms. The molecule has 0 saturated carbocycles. The zero-order valence-corrected chi connectivity index (χ0v) is 22.2. The van der Waals surface area contributed by atoms with E-state index in [-0.39, 0.29) is 0 Å². The summed E-state index contributed by atoms with van der Waals surface area (Å²) in [5.41, 5.74) is 7.02. The van der Waals surface area contributed by atoms with Crippen LogP contribution in [0, 0.1) is 0 Å². The van der Waals surface area contributed by atoms with Crippen LogP contribution in [0.3, 0.4) is 0 Å². The molecule has 0 aliphatic carbocycles. The van der Waals surface area contributed by atoms with Crippen LogP contribution >= 0.6 is 7.14 Å². The summed E-state index contributed by atoms with van der Waals surface area (Å²) in [6.07, 6.45) is 0. The Balaban J connectivity index is 1.35. The molecule has 1 unspecified atom stereocenters. The van der Waals surface area contributed by atoms with E-state index in [2.05, 4.69) is 30.3 Å². The van der Waals surface area contributed by atoms with E-state index in [9.17, 15) is 4.57 Å². The first kappa shape index (κ1) is 23.5. The van der Waals surface area contributed by atoms with Gasteiger partial charge in [-0.2, -0.15) is 0 Å². The molecule has 0 saturated heterocycles. The molecular formula is C34H24N3OP. The Labute approximate surface area is 227 Å². The van der Waals surface area contributed by atoms with Crippen LogP contribution in [0.2, 0.25) is 0 Å². The lowest BCUT2D eigenvalue weighted by Crippen LogP contribution is -2.07. The van der Waals surface area contributed by atoms with E-state index in [4.69, 9.17) is 15.0 Å². The fourth-order valence-corrected chi connectivity index (χ4v) is 7.57. The van der Waals surface area contributed by atoms with Gasteiger partial charge in [-0.1, -0.05) is 109 Å². The fraction of sp³-hybridized carbons (Fsp3) is 0.0294. The van der Waals surface area contributed by atoms with Crippen LogP contribution in [0.5, 0.6) is 0 Å². The molecule has 0 bridgehead atoms. The summed E-state index contributed by atoms with van der Waals surface area (Å²) in [6, 6.07) is 42.5. The second-order valence-corrected chi connectivity index (χ2v) is 12.6. The van der Waals surface area contributed by atoms with Crippen LogP contribution < -0.4 is 10.6 Å². The minimum atomic E-state index is -2.59. The number of fused-ring (bicyclic) bond motifs is 3. The lowest BCUT2D eigenvalue weighted by Gasteiger charge is -2.11. The topological polar surface area (TPSA) is 55.7 Å². The van der Waals surface area contributed by atoms with Gasteiger partial charge in [-0.25, -0.2) is 15.0 Å². The average molecular weight is 522 g/mol. The molecule has 0 radical (unpaired) electrons. The zero-order chi connectivity index (χ0) is 26.4. The molecule has 186 valence electrons. The molecule has 1 aliphatic rings. The third-order valence-electron chi connectivity index (χ3n) is 7.26. The fourth-order valence-electron chi connectivity index (χ4n) is 5.28. The first-order chi connectivity index (χ1) is 19.1. The van der Waals surface area contributed by atoms with Crippen LogP contribution in [0.15, 0.2) is 127 Å². The lowest BCUT2D eigenvalue weighted by atomic mass is 9.98. The van der Waals surface area contributed by atoms with E-state index < -0.39 is 7.14 Å². The first-order valence-corrected chi connectivity index (χ1v) is 15.0. The van der Waals surface area contributed by atoms with Gasteiger partial charge < -0.3 is 4.57 Å². The number of aromatic nitrogens is 3. The van der Waals surface area contributed by atoms with Crippen LogP contribution in [0.1, 0.15) is 0 Å². The van der Waals surface area contributed by atoms with Gasteiger partial charge in [0.05, 0.1) is 0 Å². The average Bonchev–Trinajstić information content (AvgIpc) is 3.24. The Kier molecular flexibility index (Phi) is 5.57. The van der Waals surface area contributed by atoms with Crippen molar-refractivity contribution in [3.8, 4) is 56.4 Å². The second kappa shape index (κ2) is 9.27. The van der Waals surface area contributed by atoms with E-state index in [1.807, 2.05) is 104 Å². The molecule has 2 heterocycles. The van der Waals surface area contributed by atoms with Gasteiger partial charge >= 0.3 is 0 Å². The maximum absolute atomic E-state index is 13.6. The Bertz CT molecular complexity index is 1840. The summed E-state index contributed by atoms with van der Waals surface area (Å²) in [6.45, 7) is 1.87. The van der Waals surface area contributed by atoms with Crippen LogP contribution in [-0.2, 0) is 4.57 Å². The van der Waals surface area contributed by atoms with Crippen LogP contribution in [0.25, 0.3) is 56.4 Å². The van der Waals surface area contributed by atoms with Gasteiger partial charge in [-0.3, -0.25) is 0 Å². The zero-order valence-electron chi connectivity index (χ0n) is 21.3. The highest BCUT2D eigenvalue weighted by atomic mass is 31.2. The van der Waals surface area contributed by atoms with Crippen LogP contribution in [-0.4, -0.2) is 21.6 Å². The van der Waals surface area contributed by atoms with E-state index in [1.165, 1.54) is 0 Å². The maximum Gasteiger partial charge on any atom is 0.164 e. The van der Waals surface area contributed by atoms with E-state index >= 15 is 0 Å².